The lowest BCUT2D eigenvalue weighted by molar-refractivity contribution is -0.140. The molecule has 0 aliphatic carbocycles. The summed E-state index contributed by atoms with van der Waals surface area (Å²) in [5, 5.41) is 11.4. The lowest BCUT2D eigenvalue weighted by atomic mass is 9.94. The van der Waals surface area contributed by atoms with Crippen molar-refractivity contribution in [1.82, 2.24) is 9.80 Å². The molecule has 2 aliphatic rings. The smallest absolute Gasteiger partial charge is 0.295 e. The number of likely N-dealkylation sites (tertiary alicyclic amines) is 1. The predicted molar refractivity (Wildman–Crippen MR) is 138 cm³/mol. The van der Waals surface area contributed by atoms with Gasteiger partial charge in [-0.05, 0) is 56.3 Å². The van der Waals surface area contributed by atoms with E-state index in [4.69, 9.17) is 18.9 Å². The molecule has 2 fully saturated rings. The minimum atomic E-state index is -0.849. The van der Waals surface area contributed by atoms with Gasteiger partial charge in [-0.15, -0.1) is 0 Å². The van der Waals surface area contributed by atoms with E-state index in [-0.39, 0.29) is 17.4 Å². The van der Waals surface area contributed by atoms with Crippen LogP contribution in [0, 0.1) is 0 Å². The maximum Gasteiger partial charge on any atom is 0.295 e. The highest BCUT2D eigenvalue weighted by atomic mass is 16.5. The molecule has 0 aromatic heterocycles. The number of benzene rings is 2. The van der Waals surface area contributed by atoms with Gasteiger partial charge in [-0.2, -0.15) is 0 Å². The Hall–Kier alpha value is -3.56. The normalized spacial score (nSPS) is 19.9. The Balaban J connectivity index is 1.78. The van der Waals surface area contributed by atoms with E-state index >= 15 is 0 Å². The van der Waals surface area contributed by atoms with Crippen molar-refractivity contribution in [2.24, 2.45) is 0 Å². The molecule has 0 saturated carbocycles. The SMILES string of the molecule is COc1ccc(OC)c([C@@H]2/C(=C(\O)c3ccc(OC(C)C)cc3)C(=O)C(=O)N2CCN2CCOCC2)c1. The Morgan fingerprint density at radius 2 is 1.68 bits per heavy atom. The molecule has 0 bridgehead atoms. The third-order valence-electron chi connectivity index (χ3n) is 6.53. The Morgan fingerprint density at radius 3 is 2.30 bits per heavy atom. The number of hydrogen-bond acceptors (Lipinski definition) is 8. The zero-order valence-corrected chi connectivity index (χ0v) is 21.7. The van der Waals surface area contributed by atoms with Gasteiger partial charge in [-0.3, -0.25) is 14.5 Å². The van der Waals surface area contributed by atoms with Crippen molar-refractivity contribution in [3.8, 4) is 17.2 Å². The summed E-state index contributed by atoms with van der Waals surface area (Å²) >= 11 is 0. The summed E-state index contributed by atoms with van der Waals surface area (Å²) in [6.45, 7) is 7.48. The second-order valence-corrected chi connectivity index (χ2v) is 9.25. The molecule has 0 spiro atoms. The highest BCUT2D eigenvalue weighted by Gasteiger charge is 2.47. The number of carbonyl (C=O) groups is 2. The van der Waals surface area contributed by atoms with Crippen LogP contribution in [0.3, 0.4) is 0 Å². The number of carbonyl (C=O) groups excluding carboxylic acids is 2. The van der Waals surface area contributed by atoms with E-state index < -0.39 is 17.7 Å². The number of aliphatic hydroxyl groups is 1. The molecule has 2 aromatic carbocycles. The van der Waals surface area contributed by atoms with E-state index in [1.54, 1.807) is 49.6 Å². The average Bonchev–Trinajstić information content (AvgIpc) is 3.16. The average molecular weight is 511 g/mol. The minimum Gasteiger partial charge on any atom is -0.507 e. The summed E-state index contributed by atoms with van der Waals surface area (Å²) in [6, 6.07) is 11.2. The minimum absolute atomic E-state index is 0.00300. The third kappa shape index (κ3) is 5.73. The van der Waals surface area contributed by atoms with Crippen molar-refractivity contribution in [3.63, 3.8) is 0 Å². The zero-order chi connectivity index (χ0) is 26.5. The number of hydrogen-bond donors (Lipinski definition) is 1. The van der Waals surface area contributed by atoms with Crippen molar-refractivity contribution < 1.29 is 33.6 Å². The summed E-state index contributed by atoms with van der Waals surface area (Å²) in [7, 11) is 3.07. The lowest BCUT2D eigenvalue weighted by Gasteiger charge is -2.31. The van der Waals surface area contributed by atoms with Gasteiger partial charge in [0, 0.05) is 37.3 Å². The van der Waals surface area contributed by atoms with Gasteiger partial charge in [0.1, 0.15) is 23.0 Å². The van der Waals surface area contributed by atoms with Gasteiger partial charge >= 0.3 is 0 Å². The van der Waals surface area contributed by atoms with Gasteiger partial charge in [0.2, 0.25) is 0 Å². The van der Waals surface area contributed by atoms with E-state index in [0.717, 1.165) is 13.1 Å². The molecular formula is C28H34N2O7. The van der Waals surface area contributed by atoms with Crippen LogP contribution in [-0.2, 0) is 14.3 Å². The number of nitrogens with zero attached hydrogens (tertiary/aromatic N) is 2. The third-order valence-corrected chi connectivity index (χ3v) is 6.53. The number of Topliss-reactive ketones (excluding diaryl/α,β-unsaturated/α-hetero) is 1. The van der Waals surface area contributed by atoms with Gasteiger partial charge in [0.05, 0.1) is 45.2 Å². The summed E-state index contributed by atoms with van der Waals surface area (Å²) < 4.78 is 22.2. The van der Waals surface area contributed by atoms with Gasteiger partial charge in [0.15, 0.2) is 0 Å². The van der Waals surface area contributed by atoms with Crippen molar-refractivity contribution in [2.45, 2.75) is 26.0 Å². The van der Waals surface area contributed by atoms with Crippen LogP contribution in [0.25, 0.3) is 5.76 Å². The fourth-order valence-corrected chi connectivity index (χ4v) is 4.68. The molecule has 2 aromatic rings. The summed E-state index contributed by atoms with van der Waals surface area (Å²) in [5.41, 5.74) is 0.981. The number of rotatable bonds is 9. The van der Waals surface area contributed by atoms with Gasteiger partial charge < -0.3 is 29.0 Å². The first-order chi connectivity index (χ1) is 17.8. The molecule has 2 saturated heterocycles. The topological polar surface area (TPSA) is 97.8 Å². The lowest BCUT2D eigenvalue weighted by Crippen LogP contribution is -2.42. The maximum atomic E-state index is 13.4. The van der Waals surface area contributed by atoms with Crippen LogP contribution in [0.5, 0.6) is 17.2 Å². The fraction of sp³-hybridized carbons (Fsp3) is 0.429. The van der Waals surface area contributed by atoms with Crippen molar-refractivity contribution in [1.29, 1.82) is 0 Å². The molecule has 2 aliphatic heterocycles. The van der Waals surface area contributed by atoms with Gasteiger partial charge in [0.25, 0.3) is 11.7 Å². The van der Waals surface area contributed by atoms with Crippen LogP contribution >= 0.6 is 0 Å². The Labute approximate surface area is 217 Å². The number of amides is 1. The Morgan fingerprint density at radius 1 is 1.00 bits per heavy atom. The molecular weight excluding hydrogens is 476 g/mol. The molecule has 198 valence electrons. The molecule has 1 atom stereocenters. The van der Waals surface area contributed by atoms with Crippen LogP contribution in [0.2, 0.25) is 0 Å². The largest absolute Gasteiger partial charge is 0.507 e. The number of methoxy groups -OCH3 is 2. The molecule has 1 N–H and O–H groups in total. The van der Waals surface area contributed by atoms with E-state index in [1.165, 1.54) is 12.0 Å². The first kappa shape index (κ1) is 26.5. The number of aliphatic hydroxyl groups excluding tert-OH is 1. The van der Waals surface area contributed by atoms with Crippen LogP contribution in [-0.4, -0.2) is 86.3 Å². The van der Waals surface area contributed by atoms with Crippen LogP contribution in [0.15, 0.2) is 48.0 Å². The summed E-state index contributed by atoms with van der Waals surface area (Å²) in [5.74, 6) is 0.0171. The Bertz CT molecular complexity index is 1150. The molecule has 0 unspecified atom stereocenters. The molecule has 0 radical (unpaired) electrons. The van der Waals surface area contributed by atoms with Crippen LogP contribution in [0.4, 0.5) is 0 Å². The second kappa shape index (κ2) is 11.7. The Kier molecular flexibility index (Phi) is 8.35. The van der Waals surface area contributed by atoms with E-state index in [1.807, 2.05) is 13.8 Å². The standard InChI is InChI=1S/C28H34N2O7/c1-18(2)37-20-7-5-19(6-8-20)26(31)24-25(22-17-21(34-3)9-10-23(22)35-4)30(28(33)27(24)32)12-11-29-13-15-36-16-14-29/h5-10,17-18,25,31H,11-16H2,1-4H3/b26-24+/t25-/m1/s1. The first-order valence-corrected chi connectivity index (χ1v) is 12.4. The van der Waals surface area contributed by atoms with Crippen molar-refractivity contribution in [3.05, 3.63) is 59.2 Å². The number of ketones is 1. The van der Waals surface area contributed by atoms with E-state index in [0.29, 0.717) is 54.7 Å². The second-order valence-electron chi connectivity index (χ2n) is 9.25. The highest BCUT2D eigenvalue weighted by Crippen LogP contribution is 2.43. The molecule has 9 nitrogen and oxygen atoms in total. The molecule has 1 amide bonds. The van der Waals surface area contributed by atoms with Crippen LogP contribution < -0.4 is 14.2 Å². The molecule has 37 heavy (non-hydrogen) atoms. The first-order valence-electron chi connectivity index (χ1n) is 12.4. The van der Waals surface area contributed by atoms with Gasteiger partial charge in [-0.1, -0.05) is 0 Å². The number of morpholine rings is 1. The van der Waals surface area contributed by atoms with E-state index in [9.17, 15) is 14.7 Å². The summed E-state index contributed by atoms with van der Waals surface area (Å²) in [4.78, 5) is 30.4. The van der Waals surface area contributed by atoms with Crippen molar-refractivity contribution in [2.75, 3.05) is 53.6 Å². The monoisotopic (exact) mass is 510 g/mol. The van der Waals surface area contributed by atoms with Crippen molar-refractivity contribution >= 4 is 17.4 Å². The maximum absolute atomic E-state index is 13.4. The summed E-state index contributed by atoms with van der Waals surface area (Å²) in [6.07, 6.45) is -0.00300. The van der Waals surface area contributed by atoms with Gasteiger partial charge in [-0.25, -0.2) is 0 Å². The molecule has 9 heteroatoms. The highest BCUT2D eigenvalue weighted by molar-refractivity contribution is 6.46. The molecule has 4 rings (SSSR count). The quantitative estimate of drug-likeness (QED) is 0.312. The zero-order valence-electron chi connectivity index (χ0n) is 21.7. The van der Waals surface area contributed by atoms with E-state index in [2.05, 4.69) is 4.90 Å². The van der Waals surface area contributed by atoms with Crippen LogP contribution in [0.1, 0.15) is 31.0 Å². The molecule has 2 heterocycles. The number of ether oxygens (including phenoxy) is 4. The fourth-order valence-electron chi connectivity index (χ4n) is 4.68. The predicted octanol–water partition coefficient (Wildman–Crippen LogP) is 3.24.